The van der Waals surface area contributed by atoms with Crippen LogP contribution in [0.15, 0.2) is 24.3 Å². The van der Waals surface area contributed by atoms with Crippen LogP contribution in [0.4, 0.5) is 17.6 Å². The molecule has 0 bridgehead atoms. The molecule has 0 aliphatic rings. The molecule has 2 aromatic carbocycles. The van der Waals surface area contributed by atoms with Crippen molar-refractivity contribution in [3.8, 4) is 5.75 Å². The number of carboxylic acid groups (broad SMARTS) is 1. The number of carbonyl (C=O) groups excluding carboxylic acids is 4. The first kappa shape index (κ1) is 31.3. The van der Waals surface area contributed by atoms with Crippen molar-refractivity contribution < 1.29 is 51.4 Å². The Morgan fingerprint density at radius 2 is 1.46 bits per heavy atom. The normalized spacial score (nSPS) is 12.2. The van der Waals surface area contributed by atoms with Crippen LogP contribution in [0.2, 0.25) is 10.0 Å². The largest absolute Gasteiger partial charge is 0.481 e. The number of carbonyl (C=O) groups is 5. The highest BCUT2D eigenvalue weighted by Gasteiger charge is 2.29. The number of carboxylic acids is 1. The number of amides is 3. The molecule has 10 nitrogen and oxygen atoms in total. The number of hydrogen-bond acceptors (Lipinski definition) is 6. The quantitative estimate of drug-likeness (QED) is 0.177. The predicted molar refractivity (Wildman–Crippen MR) is 127 cm³/mol. The lowest BCUT2D eigenvalue weighted by Crippen LogP contribution is -2.53. The van der Waals surface area contributed by atoms with Crippen molar-refractivity contribution in [2.45, 2.75) is 32.0 Å². The highest BCUT2D eigenvalue weighted by atomic mass is 35.5. The maximum absolute atomic E-state index is 13.7. The average Bonchev–Trinajstić information content (AvgIpc) is 2.84. The van der Waals surface area contributed by atoms with Crippen LogP contribution in [0.5, 0.6) is 5.75 Å². The zero-order valence-corrected chi connectivity index (χ0v) is 21.3. The van der Waals surface area contributed by atoms with Crippen LogP contribution in [0.3, 0.4) is 0 Å². The van der Waals surface area contributed by atoms with Gasteiger partial charge in [0.15, 0.2) is 23.2 Å². The van der Waals surface area contributed by atoms with E-state index in [1.807, 2.05) is 10.6 Å². The predicted octanol–water partition coefficient (Wildman–Crippen LogP) is 2.28. The minimum atomic E-state index is -1.94. The van der Waals surface area contributed by atoms with Crippen molar-refractivity contribution in [1.82, 2.24) is 16.0 Å². The number of rotatable bonds is 11. The maximum Gasteiger partial charge on any atom is 0.309 e. The Morgan fingerprint density at radius 1 is 0.897 bits per heavy atom. The van der Waals surface area contributed by atoms with E-state index in [1.165, 1.54) is 18.2 Å². The first-order valence-electron chi connectivity index (χ1n) is 10.7. The van der Waals surface area contributed by atoms with E-state index in [-0.39, 0.29) is 22.7 Å². The summed E-state index contributed by atoms with van der Waals surface area (Å²) in [6, 6.07) is 1.02. The third-order valence-corrected chi connectivity index (χ3v) is 5.27. The topological polar surface area (TPSA) is 151 Å². The minimum Gasteiger partial charge on any atom is -0.481 e. The fraction of sp³-hybridized carbons (Fsp3) is 0.261. The summed E-state index contributed by atoms with van der Waals surface area (Å²) in [5, 5.41) is 15.9. The molecule has 16 heteroatoms. The van der Waals surface area contributed by atoms with Crippen LogP contribution in [0, 0.1) is 23.3 Å². The number of aliphatic carboxylic acids is 1. The Bertz CT molecular complexity index is 1270. The van der Waals surface area contributed by atoms with Crippen LogP contribution in [0.1, 0.15) is 18.9 Å². The van der Waals surface area contributed by atoms with Crippen molar-refractivity contribution in [3.05, 3.63) is 63.1 Å². The van der Waals surface area contributed by atoms with E-state index >= 15 is 0 Å². The molecule has 210 valence electrons. The molecule has 2 rings (SSSR count). The van der Waals surface area contributed by atoms with Gasteiger partial charge in [-0.3, -0.25) is 24.0 Å². The number of benzene rings is 2. The summed E-state index contributed by atoms with van der Waals surface area (Å²) in [7, 11) is 0. The first-order valence-corrected chi connectivity index (χ1v) is 11.5. The lowest BCUT2D eigenvalue weighted by atomic mass is 10.1. The lowest BCUT2D eigenvalue weighted by molar-refractivity contribution is -0.142. The molecule has 0 unspecified atom stereocenters. The number of Topliss-reactive ketones (excluding diaryl/α,β-unsaturated/α-hetero) is 1. The molecule has 0 spiro atoms. The summed E-state index contributed by atoms with van der Waals surface area (Å²) >= 11 is 11.7. The summed E-state index contributed by atoms with van der Waals surface area (Å²) in [6.45, 7) is -0.319. The molecule has 3 amide bonds. The first-order chi connectivity index (χ1) is 18.2. The molecule has 0 saturated heterocycles. The molecule has 4 N–H and O–H groups in total. The van der Waals surface area contributed by atoms with Gasteiger partial charge in [-0.15, -0.1) is 0 Å². The van der Waals surface area contributed by atoms with E-state index in [9.17, 15) is 41.5 Å². The van der Waals surface area contributed by atoms with Gasteiger partial charge in [0, 0.05) is 22.7 Å². The second-order valence-electron chi connectivity index (χ2n) is 7.87. The highest BCUT2D eigenvalue weighted by Crippen LogP contribution is 2.26. The third-order valence-electron chi connectivity index (χ3n) is 4.84. The zero-order valence-electron chi connectivity index (χ0n) is 19.7. The van der Waals surface area contributed by atoms with Gasteiger partial charge >= 0.3 is 17.8 Å². The van der Waals surface area contributed by atoms with E-state index in [1.54, 1.807) is 0 Å². The molecule has 0 saturated carbocycles. The van der Waals surface area contributed by atoms with Crippen molar-refractivity contribution in [2.75, 3.05) is 6.61 Å². The molecular formula is C23H19Cl2F4N3O7. The fourth-order valence-electron chi connectivity index (χ4n) is 2.94. The molecule has 0 radical (unpaired) electrons. The Hall–Kier alpha value is -3.91. The Labute approximate surface area is 227 Å². The van der Waals surface area contributed by atoms with Gasteiger partial charge in [-0.1, -0.05) is 23.2 Å². The van der Waals surface area contributed by atoms with Gasteiger partial charge in [-0.25, -0.2) is 8.78 Å². The van der Waals surface area contributed by atoms with Gasteiger partial charge in [0.05, 0.1) is 6.42 Å². The van der Waals surface area contributed by atoms with Crippen LogP contribution in [-0.2, 0) is 30.5 Å². The van der Waals surface area contributed by atoms with E-state index in [0.717, 1.165) is 6.92 Å². The molecule has 0 aromatic heterocycles. The molecule has 0 aliphatic carbocycles. The summed E-state index contributed by atoms with van der Waals surface area (Å²) in [5.74, 6) is -15.4. The van der Waals surface area contributed by atoms with Crippen LogP contribution < -0.4 is 20.7 Å². The molecular weight excluding hydrogens is 577 g/mol. The summed E-state index contributed by atoms with van der Waals surface area (Å²) in [4.78, 5) is 60.1. The SMILES string of the molecule is C[C@H](NC(=O)C(=O)NCc1cc(Cl)cc(Cl)c1)C(=O)N[C@@H](CC(=O)O)C(=O)COc1c(F)c(F)cc(F)c1F. The Balaban J connectivity index is 1.98. The lowest BCUT2D eigenvalue weighted by Gasteiger charge is -2.20. The van der Waals surface area contributed by atoms with Crippen LogP contribution >= 0.6 is 23.2 Å². The fourth-order valence-corrected chi connectivity index (χ4v) is 3.51. The standard InChI is InChI=1S/C23H19Cl2F4N3O7/c1-9(31-23(38)22(37)30-7-10-2-11(24)4-12(25)3-10)21(36)32-15(6-17(34)35)16(33)8-39-20-18(28)13(26)5-14(27)19(20)29/h2-5,9,15H,6-8H2,1H3,(H,30,37)(H,31,38)(H,32,36)(H,34,35)/t9-,15-/m0/s1. The molecule has 0 heterocycles. The molecule has 2 atom stereocenters. The molecule has 0 aliphatic heterocycles. The van der Waals surface area contributed by atoms with E-state index in [2.05, 4.69) is 10.1 Å². The van der Waals surface area contributed by atoms with Crippen molar-refractivity contribution in [2.24, 2.45) is 0 Å². The maximum atomic E-state index is 13.7. The minimum absolute atomic E-state index is 0.0877. The van der Waals surface area contributed by atoms with Crippen LogP contribution in [0.25, 0.3) is 0 Å². The summed E-state index contributed by atoms with van der Waals surface area (Å²) in [6.07, 6.45) is -1.03. The second-order valence-corrected chi connectivity index (χ2v) is 8.74. The molecule has 39 heavy (non-hydrogen) atoms. The average molecular weight is 596 g/mol. The molecule has 2 aromatic rings. The van der Waals surface area contributed by atoms with Gasteiger partial charge in [0.2, 0.25) is 17.5 Å². The van der Waals surface area contributed by atoms with Crippen molar-refractivity contribution >= 4 is 52.7 Å². The Kier molecular flexibility index (Phi) is 11.0. The molecule has 0 fully saturated rings. The van der Waals surface area contributed by atoms with E-state index in [0.29, 0.717) is 5.56 Å². The van der Waals surface area contributed by atoms with Gasteiger partial charge in [0.1, 0.15) is 18.7 Å². The monoisotopic (exact) mass is 595 g/mol. The highest BCUT2D eigenvalue weighted by molar-refractivity contribution is 6.35. The van der Waals surface area contributed by atoms with Gasteiger partial charge in [0.25, 0.3) is 0 Å². The van der Waals surface area contributed by atoms with Crippen LogP contribution in [-0.4, -0.2) is 53.3 Å². The van der Waals surface area contributed by atoms with Crippen molar-refractivity contribution in [3.63, 3.8) is 0 Å². The van der Waals surface area contributed by atoms with E-state index < -0.39 is 83.6 Å². The number of nitrogens with one attached hydrogen (secondary N) is 3. The summed E-state index contributed by atoms with van der Waals surface area (Å²) < 4.78 is 58.6. The van der Waals surface area contributed by atoms with Crippen molar-refractivity contribution in [1.29, 1.82) is 0 Å². The number of hydrogen-bond donors (Lipinski definition) is 4. The smallest absolute Gasteiger partial charge is 0.309 e. The number of ether oxygens (including phenoxy) is 1. The third kappa shape index (κ3) is 9.11. The number of ketones is 1. The number of halogens is 6. The second kappa shape index (κ2) is 13.8. The van der Waals surface area contributed by atoms with Gasteiger partial charge in [-0.2, -0.15) is 8.78 Å². The zero-order chi connectivity index (χ0) is 29.4. The van der Waals surface area contributed by atoms with E-state index in [4.69, 9.17) is 28.3 Å². The Morgan fingerprint density at radius 3 is 2.00 bits per heavy atom. The van der Waals surface area contributed by atoms with Gasteiger partial charge in [-0.05, 0) is 30.7 Å². The van der Waals surface area contributed by atoms with Gasteiger partial charge < -0.3 is 25.8 Å². The summed E-state index contributed by atoms with van der Waals surface area (Å²) in [5.41, 5.74) is 0.470.